The third-order valence-electron chi connectivity index (χ3n) is 4.05. The summed E-state index contributed by atoms with van der Waals surface area (Å²) in [5.74, 6) is 1.49. The summed E-state index contributed by atoms with van der Waals surface area (Å²) in [6.45, 7) is 8.29. The molecule has 98 valence electrons. The second kappa shape index (κ2) is 4.22. The highest BCUT2D eigenvalue weighted by molar-refractivity contribution is 4.95. The Morgan fingerprint density at radius 3 is 2.47 bits per heavy atom. The Morgan fingerprint density at radius 2 is 1.82 bits per heavy atom. The fourth-order valence-electron chi connectivity index (χ4n) is 2.98. The first-order valence-corrected chi connectivity index (χ1v) is 6.91. The normalized spacial score (nSPS) is 42.5. The van der Waals surface area contributed by atoms with Crippen LogP contribution in [0.15, 0.2) is 0 Å². The fraction of sp³-hybridized carbons (Fsp3) is 1.00. The van der Waals surface area contributed by atoms with Crippen molar-refractivity contribution in [2.75, 3.05) is 13.2 Å². The quantitative estimate of drug-likeness (QED) is 0.742. The van der Waals surface area contributed by atoms with Gasteiger partial charge in [-0.05, 0) is 24.2 Å². The van der Waals surface area contributed by atoms with Gasteiger partial charge in [-0.3, -0.25) is 0 Å². The summed E-state index contributed by atoms with van der Waals surface area (Å²) in [4.78, 5) is 0. The van der Waals surface area contributed by atoms with Gasteiger partial charge in [-0.15, -0.1) is 0 Å². The molecule has 2 heterocycles. The number of ether oxygens (including phenoxy) is 3. The van der Waals surface area contributed by atoms with Crippen LogP contribution in [-0.2, 0) is 14.2 Å². The van der Waals surface area contributed by atoms with Gasteiger partial charge in [-0.1, -0.05) is 20.8 Å². The van der Waals surface area contributed by atoms with Crippen LogP contribution in [0.5, 0.6) is 0 Å². The van der Waals surface area contributed by atoms with Crippen molar-refractivity contribution < 1.29 is 14.2 Å². The van der Waals surface area contributed by atoms with Crippen LogP contribution >= 0.6 is 0 Å². The molecule has 1 unspecified atom stereocenters. The molecule has 0 radical (unpaired) electrons. The average molecular weight is 240 g/mol. The molecule has 0 spiro atoms. The number of hydrogen-bond acceptors (Lipinski definition) is 3. The molecule has 0 bridgehead atoms. The minimum atomic E-state index is -0.0285. The molecule has 3 nitrogen and oxygen atoms in total. The van der Waals surface area contributed by atoms with Gasteiger partial charge < -0.3 is 14.2 Å². The summed E-state index contributed by atoms with van der Waals surface area (Å²) in [5, 5.41) is 0. The maximum atomic E-state index is 6.15. The van der Waals surface area contributed by atoms with Gasteiger partial charge in [0.2, 0.25) is 0 Å². The Balaban J connectivity index is 1.61. The van der Waals surface area contributed by atoms with Crippen molar-refractivity contribution in [3.8, 4) is 0 Å². The molecule has 1 aliphatic carbocycles. The average Bonchev–Trinajstić information content (AvgIpc) is 2.97. The predicted octanol–water partition coefficient (Wildman–Crippen LogP) is 2.59. The third-order valence-corrected chi connectivity index (χ3v) is 4.05. The van der Waals surface area contributed by atoms with Crippen LogP contribution in [-0.4, -0.2) is 31.7 Å². The summed E-state index contributed by atoms with van der Waals surface area (Å²) in [6, 6.07) is 0. The van der Waals surface area contributed by atoms with E-state index in [0.717, 1.165) is 18.9 Å². The Bertz CT molecular complexity index is 280. The van der Waals surface area contributed by atoms with Gasteiger partial charge in [0.1, 0.15) is 6.10 Å². The third kappa shape index (κ3) is 2.67. The van der Waals surface area contributed by atoms with Crippen molar-refractivity contribution in [2.45, 2.75) is 58.5 Å². The Hall–Kier alpha value is -0.120. The second-order valence-corrected chi connectivity index (χ2v) is 7.00. The van der Waals surface area contributed by atoms with Crippen molar-refractivity contribution >= 4 is 0 Å². The first-order chi connectivity index (χ1) is 8.03. The molecule has 0 aromatic rings. The van der Waals surface area contributed by atoms with Gasteiger partial charge in [0.15, 0.2) is 6.29 Å². The van der Waals surface area contributed by atoms with E-state index in [0.29, 0.717) is 18.6 Å². The first kappa shape index (κ1) is 11.9. The van der Waals surface area contributed by atoms with E-state index < -0.39 is 0 Å². The molecule has 3 heteroatoms. The monoisotopic (exact) mass is 240 g/mol. The van der Waals surface area contributed by atoms with Crippen molar-refractivity contribution in [3.05, 3.63) is 0 Å². The van der Waals surface area contributed by atoms with E-state index in [1.807, 2.05) is 0 Å². The van der Waals surface area contributed by atoms with Crippen LogP contribution in [0.25, 0.3) is 0 Å². The Kier molecular flexibility index (Phi) is 2.96. The van der Waals surface area contributed by atoms with E-state index in [4.69, 9.17) is 14.2 Å². The lowest BCUT2D eigenvalue weighted by Crippen LogP contribution is -2.45. The molecular formula is C14H24O3. The van der Waals surface area contributed by atoms with Gasteiger partial charge in [0.25, 0.3) is 0 Å². The molecular weight excluding hydrogens is 216 g/mol. The summed E-state index contributed by atoms with van der Waals surface area (Å²) in [7, 11) is 0. The van der Waals surface area contributed by atoms with E-state index in [9.17, 15) is 0 Å². The zero-order chi connectivity index (χ0) is 12.0. The molecule has 3 aliphatic rings. The molecule has 0 aromatic heterocycles. The molecule has 2 aliphatic heterocycles. The summed E-state index contributed by atoms with van der Waals surface area (Å²) < 4.78 is 17.7. The van der Waals surface area contributed by atoms with E-state index >= 15 is 0 Å². The highest BCUT2D eigenvalue weighted by Crippen LogP contribution is 2.45. The summed E-state index contributed by atoms with van der Waals surface area (Å²) in [6.07, 6.45) is 4.16. The lowest BCUT2D eigenvalue weighted by molar-refractivity contribution is -0.252. The topological polar surface area (TPSA) is 27.7 Å². The van der Waals surface area contributed by atoms with Crippen LogP contribution in [0, 0.1) is 17.3 Å². The van der Waals surface area contributed by atoms with Crippen LogP contribution in [0.3, 0.4) is 0 Å². The molecule has 0 aromatic carbocycles. The van der Waals surface area contributed by atoms with Crippen molar-refractivity contribution in [3.63, 3.8) is 0 Å². The van der Waals surface area contributed by atoms with Gasteiger partial charge in [-0.25, -0.2) is 0 Å². The minimum absolute atomic E-state index is 0.0285. The predicted molar refractivity (Wildman–Crippen MR) is 64.6 cm³/mol. The molecule has 3 fully saturated rings. The maximum absolute atomic E-state index is 6.15. The lowest BCUT2D eigenvalue weighted by atomic mass is 9.91. The van der Waals surface area contributed by atoms with Crippen molar-refractivity contribution in [1.82, 2.24) is 0 Å². The number of hydrogen-bond donors (Lipinski definition) is 0. The lowest BCUT2D eigenvalue weighted by Gasteiger charge is -2.36. The van der Waals surface area contributed by atoms with Crippen LogP contribution in [0.4, 0.5) is 0 Å². The van der Waals surface area contributed by atoms with Crippen molar-refractivity contribution in [2.24, 2.45) is 17.3 Å². The number of rotatable bonds is 2. The summed E-state index contributed by atoms with van der Waals surface area (Å²) >= 11 is 0. The molecule has 2 saturated heterocycles. The molecule has 4 atom stereocenters. The van der Waals surface area contributed by atoms with Gasteiger partial charge in [-0.2, -0.15) is 0 Å². The Morgan fingerprint density at radius 1 is 1.06 bits per heavy atom. The van der Waals surface area contributed by atoms with Gasteiger partial charge >= 0.3 is 0 Å². The Labute approximate surface area is 104 Å². The smallest absolute Gasteiger partial charge is 0.158 e. The maximum Gasteiger partial charge on any atom is 0.158 e. The molecule has 3 rings (SSSR count). The van der Waals surface area contributed by atoms with Crippen LogP contribution in [0.1, 0.15) is 40.0 Å². The standard InChI is InChI=1S/C14H24O3/c1-14(2,3)6-12-16-8-11-13(17-12)10(7-15-11)9-4-5-9/h9-13H,4-8H2,1-3H3/t10-,11-,12?,13-/m1/s1. The van der Waals surface area contributed by atoms with E-state index in [1.54, 1.807) is 0 Å². The SMILES string of the molecule is CC(C)(C)CC1OC[C@H]2OC[C@H](C3CC3)[C@H]2O1. The van der Waals surface area contributed by atoms with E-state index in [2.05, 4.69) is 20.8 Å². The largest absolute Gasteiger partial charge is 0.373 e. The molecule has 0 amide bonds. The summed E-state index contributed by atoms with van der Waals surface area (Å²) in [5.41, 5.74) is 0.256. The van der Waals surface area contributed by atoms with Crippen LogP contribution in [0.2, 0.25) is 0 Å². The van der Waals surface area contributed by atoms with Gasteiger partial charge in [0, 0.05) is 12.3 Å². The van der Waals surface area contributed by atoms with E-state index in [1.165, 1.54) is 12.8 Å². The van der Waals surface area contributed by atoms with Crippen molar-refractivity contribution in [1.29, 1.82) is 0 Å². The highest BCUT2D eigenvalue weighted by Gasteiger charge is 2.49. The second-order valence-electron chi connectivity index (χ2n) is 7.00. The van der Waals surface area contributed by atoms with Crippen LogP contribution < -0.4 is 0 Å². The van der Waals surface area contributed by atoms with E-state index in [-0.39, 0.29) is 17.8 Å². The zero-order valence-electron chi connectivity index (χ0n) is 11.1. The molecule has 17 heavy (non-hydrogen) atoms. The number of fused-ring (bicyclic) bond motifs is 1. The first-order valence-electron chi connectivity index (χ1n) is 6.91. The minimum Gasteiger partial charge on any atom is -0.373 e. The fourth-order valence-corrected chi connectivity index (χ4v) is 2.98. The highest BCUT2D eigenvalue weighted by atomic mass is 16.7. The molecule has 0 N–H and O–H groups in total. The van der Waals surface area contributed by atoms with Gasteiger partial charge in [0.05, 0.1) is 19.3 Å². The molecule has 1 saturated carbocycles. The zero-order valence-corrected chi connectivity index (χ0v) is 11.1.